The number of rotatable bonds is 2. The predicted molar refractivity (Wildman–Crippen MR) is 64.6 cm³/mol. The van der Waals surface area contributed by atoms with Crippen LogP contribution in [0.3, 0.4) is 0 Å². The predicted octanol–water partition coefficient (Wildman–Crippen LogP) is 1.29. The van der Waals surface area contributed by atoms with E-state index < -0.39 is 0 Å². The molecule has 0 spiro atoms. The molecule has 0 saturated heterocycles. The fraction of sp³-hybridized carbons (Fsp3) is 0.750. The van der Waals surface area contributed by atoms with Crippen LogP contribution in [-0.4, -0.2) is 26.7 Å². The van der Waals surface area contributed by atoms with Gasteiger partial charge in [0.15, 0.2) is 0 Å². The van der Waals surface area contributed by atoms with E-state index in [0.717, 1.165) is 37.3 Å². The Bertz CT molecular complexity index is 405. The van der Waals surface area contributed by atoms with Gasteiger partial charge >= 0.3 is 0 Å². The van der Waals surface area contributed by atoms with Crippen molar-refractivity contribution < 1.29 is 4.79 Å². The number of carbonyl (C=O) groups is 1. The van der Waals surface area contributed by atoms with Crippen molar-refractivity contribution in [3.8, 4) is 0 Å². The Balaban J connectivity index is 1.95. The average molecular weight is 236 g/mol. The molecule has 1 aromatic rings. The van der Waals surface area contributed by atoms with Crippen molar-refractivity contribution >= 4 is 5.91 Å². The van der Waals surface area contributed by atoms with Crippen LogP contribution < -0.4 is 5.32 Å². The Morgan fingerprint density at radius 2 is 1.94 bits per heavy atom. The lowest BCUT2D eigenvalue weighted by Gasteiger charge is -2.28. The molecule has 0 bridgehead atoms. The highest BCUT2D eigenvalue weighted by atomic mass is 16.1. The van der Waals surface area contributed by atoms with Gasteiger partial charge in [-0.25, -0.2) is 0 Å². The second kappa shape index (κ2) is 4.85. The highest BCUT2D eigenvalue weighted by Crippen LogP contribution is 2.31. The van der Waals surface area contributed by atoms with Gasteiger partial charge in [0.25, 0.3) is 0 Å². The Hall–Kier alpha value is -1.39. The van der Waals surface area contributed by atoms with Crippen molar-refractivity contribution in [3.63, 3.8) is 0 Å². The number of nitrogens with one attached hydrogen (secondary N) is 1. The first-order chi connectivity index (χ1) is 8.08. The van der Waals surface area contributed by atoms with Gasteiger partial charge in [0.1, 0.15) is 11.6 Å². The Labute approximate surface area is 102 Å². The Morgan fingerprint density at radius 3 is 2.41 bits per heavy atom. The number of hydrogen-bond donors (Lipinski definition) is 1. The third-order valence-corrected chi connectivity index (χ3v) is 3.63. The van der Waals surface area contributed by atoms with Gasteiger partial charge in [0, 0.05) is 25.9 Å². The maximum atomic E-state index is 11.0. The third-order valence-electron chi connectivity index (χ3n) is 3.63. The molecule has 5 nitrogen and oxygen atoms in total. The van der Waals surface area contributed by atoms with Crippen LogP contribution in [-0.2, 0) is 11.8 Å². The molecule has 0 radical (unpaired) electrons. The second-order valence-corrected chi connectivity index (χ2v) is 4.91. The van der Waals surface area contributed by atoms with Gasteiger partial charge in [-0.3, -0.25) is 4.79 Å². The fourth-order valence-electron chi connectivity index (χ4n) is 2.56. The standard InChI is InChI=1S/C12H20N4O/c1-8-14-15-12(16(8)3)10-4-6-11(7-5-10)13-9(2)17/h10-11H,4-7H2,1-3H3,(H,13,17)/t10-,11+. The van der Waals surface area contributed by atoms with E-state index in [1.165, 1.54) is 0 Å². The first kappa shape index (κ1) is 12.1. The van der Waals surface area contributed by atoms with Gasteiger partial charge in [-0.15, -0.1) is 10.2 Å². The van der Waals surface area contributed by atoms with Gasteiger partial charge in [0.2, 0.25) is 5.91 Å². The van der Waals surface area contributed by atoms with Crippen LogP contribution in [0, 0.1) is 6.92 Å². The SMILES string of the molecule is CC(=O)N[C@H]1CC[C@@H](c2nnc(C)n2C)CC1. The van der Waals surface area contributed by atoms with Crippen LogP contribution in [0.2, 0.25) is 0 Å². The largest absolute Gasteiger partial charge is 0.354 e. The van der Waals surface area contributed by atoms with E-state index in [2.05, 4.69) is 20.1 Å². The summed E-state index contributed by atoms with van der Waals surface area (Å²) >= 11 is 0. The van der Waals surface area contributed by atoms with Crippen molar-refractivity contribution in [3.05, 3.63) is 11.6 Å². The van der Waals surface area contributed by atoms with Crippen LogP contribution in [0.25, 0.3) is 0 Å². The van der Waals surface area contributed by atoms with Crippen LogP contribution in [0.15, 0.2) is 0 Å². The molecule has 1 amide bonds. The maximum absolute atomic E-state index is 11.0. The molecule has 17 heavy (non-hydrogen) atoms. The molecule has 1 fully saturated rings. The molecule has 0 unspecified atom stereocenters. The zero-order valence-corrected chi connectivity index (χ0v) is 10.7. The molecule has 0 aromatic carbocycles. The molecule has 1 heterocycles. The summed E-state index contributed by atoms with van der Waals surface area (Å²) in [4.78, 5) is 11.0. The molecular formula is C12H20N4O. The molecule has 1 N–H and O–H groups in total. The molecule has 2 rings (SSSR count). The monoisotopic (exact) mass is 236 g/mol. The van der Waals surface area contributed by atoms with Crippen LogP contribution >= 0.6 is 0 Å². The summed E-state index contributed by atoms with van der Waals surface area (Å²) < 4.78 is 2.07. The third kappa shape index (κ3) is 2.65. The summed E-state index contributed by atoms with van der Waals surface area (Å²) in [6.45, 7) is 3.55. The van der Waals surface area contributed by atoms with E-state index in [0.29, 0.717) is 12.0 Å². The molecule has 1 aliphatic rings. The zero-order chi connectivity index (χ0) is 12.4. The molecular weight excluding hydrogens is 216 g/mol. The molecule has 0 aliphatic heterocycles. The van der Waals surface area contributed by atoms with E-state index in [4.69, 9.17) is 0 Å². The van der Waals surface area contributed by atoms with Gasteiger partial charge < -0.3 is 9.88 Å². The molecule has 0 atom stereocenters. The van der Waals surface area contributed by atoms with Crippen LogP contribution in [0.4, 0.5) is 0 Å². The van der Waals surface area contributed by atoms with E-state index in [9.17, 15) is 4.79 Å². The minimum atomic E-state index is 0.0722. The summed E-state index contributed by atoms with van der Waals surface area (Å²) in [7, 11) is 2.02. The summed E-state index contributed by atoms with van der Waals surface area (Å²) in [5.41, 5.74) is 0. The highest BCUT2D eigenvalue weighted by Gasteiger charge is 2.26. The average Bonchev–Trinajstić information content (AvgIpc) is 2.60. The number of aryl methyl sites for hydroxylation is 1. The Kier molecular flexibility index (Phi) is 3.45. The Morgan fingerprint density at radius 1 is 1.29 bits per heavy atom. The fourth-order valence-corrected chi connectivity index (χ4v) is 2.56. The number of hydrogen-bond acceptors (Lipinski definition) is 3. The normalized spacial score (nSPS) is 24.6. The number of carbonyl (C=O) groups excluding carboxylic acids is 1. The van der Waals surface area contributed by atoms with Gasteiger partial charge in [-0.2, -0.15) is 0 Å². The van der Waals surface area contributed by atoms with E-state index >= 15 is 0 Å². The van der Waals surface area contributed by atoms with Crippen LogP contribution in [0.5, 0.6) is 0 Å². The van der Waals surface area contributed by atoms with Crippen molar-refractivity contribution in [1.82, 2.24) is 20.1 Å². The topological polar surface area (TPSA) is 59.8 Å². The molecule has 1 saturated carbocycles. The lowest BCUT2D eigenvalue weighted by atomic mass is 9.85. The van der Waals surface area contributed by atoms with Gasteiger partial charge in [-0.1, -0.05) is 0 Å². The number of amides is 1. The maximum Gasteiger partial charge on any atom is 0.217 e. The van der Waals surface area contributed by atoms with Crippen molar-refractivity contribution in [2.24, 2.45) is 7.05 Å². The van der Waals surface area contributed by atoms with E-state index in [1.54, 1.807) is 6.92 Å². The molecule has 1 aliphatic carbocycles. The summed E-state index contributed by atoms with van der Waals surface area (Å²) in [5.74, 6) is 2.61. The summed E-state index contributed by atoms with van der Waals surface area (Å²) in [5, 5.41) is 11.3. The molecule has 1 aromatic heterocycles. The van der Waals surface area contributed by atoms with Crippen molar-refractivity contribution in [2.45, 2.75) is 51.5 Å². The molecule has 5 heteroatoms. The molecule has 94 valence electrons. The van der Waals surface area contributed by atoms with Crippen molar-refractivity contribution in [1.29, 1.82) is 0 Å². The quantitative estimate of drug-likeness (QED) is 0.841. The first-order valence-electron chi connectivity index (χ1n) is 6.21. The van der Waals surface area contributed by atoms with Crippen molar-refractivity contribution in [2.75, 3.05) is 0 Å². The van der Waals surface area contributed by atoms with E-state index in [1.807, 2.05) is 14.0 Å². The van der Waals surface area contributed by atoms with Crippen LogP contribution in [0.1, 0.15) is 50.2 Å². The summed E-state index contributed by atoms with van der Waals surface area (Å²) in [6, 6.07) is 0.345. The highest BCUT2D eigenvalue weighted by molar-refractivity contribution is 5.73. The van der Waals surface area contributed by atoms with Gasteiger partial charge in [0.05, 0.1) is 0 Å². The number of aromatic nitrogens is 3. The minimum absolute atomic E-state index is 0.0722. The minimum Gasteiger partial charge on any atom is -0.354 e. The van der Waals surface area contributed by atoms with E-state index in [-0.39, 0.29) is 5.91 Å². The first-order valence-corrected chi connectivity index (χ1v) is 6.21. The second-order valence-electron chi connectivity index (χ2n) is 4.91. The van der Waals surface area contributed by atoms with Gasteiger partial charge in [-0.05, 0) is 32.6 Å². The zero-order valence-electron chi connectivity index (χ0n) is 10.7. The number of nitrogens with zero attached hydrogens (tertiary/aromatic N) is 3. The lowest BCUT2D eigenvalue weighted by molar-refractivity contribution is -0.119. The summed E-state index contributed by atoms with van der Waals surface area (Å²) in [6.07, 6.45) is 4.24. The lowest BCUT2D eigenvalue weighted by Crippen LogP contribution is -2.36. The smallest absolute Gasteiger partial charge is 0.217 e.